The van der Waals surface area contributed by atoms with Crippen LogP contribution in [0.25, 0.3) is 10.9 Å². The van der Waals surface area contributed by atoms with Gasteiger partial charge in [0, 0.05) is 47.8 Å². The van der Waals surface area contributed by atoms with E-state index in [0.29, 0.717) is 16.5 Å². The lowest BCUT2D eigenvalue weighted by Gasteiger charge is -2.17. The molecule has 0 spiro atoms. The van der Waals surface area contributed by atoms with Gasteiger partial charge < -0.3 is 24.9 Å². The number of hydrogen-bond acceptors (Lipinski definition) is 5. The van der Waals surface area contributed by atoms with E-state index in [1.165, 1.54) is 18.2 Å². The third kappa shape index (κ3) is 5.75. The Bertz CT molecular complexity index is 1380. The van der Waals surface area contributed by atoms with Gasteiger partial charge in [-0.15, -0.1) is 0 Å². The number of hydrogen-bond donors (Lipinski definition) is 3. The molecule has 0 bridgehead atoms. The number of aliphatic hydroxyl groups is 1. The van der Waals surface area contributed by atoms with Gasteiger partial charge in [0.2, 0.25) is 0 Å². The second kappa shape index (κ2) is 10.7. The van der Waals surface area contributed by atoms with Crippen molar-refractivity contribution in [1.82, 2.24) is 10.3 Å². The summed E-state index contributed by atoms with van der Waals surface area (Å²) >= 11 is 0. The summed E-state index contributed by atoms with van der Waals surface area (Å²) in [5.74, 6) is -1.53. The molecule has 9 heteroatoms. The molecular weight excluding hydrogens is 456 g/mol. The van der Waals surface area contributed by atoms with Gasteiger partial charge in [0.1, 0.15) is 24.2 Å². The third-order valence-corrected chi connectivity index (χ3v) is 5.28. The number of nitrogens with one attached hydrogen (secondary N) is 2. The van der Waals surface area contributed by atoms with E-state index in [2.05, 4.69) is 10.3 Å². The zero-order valence-corrected chi connectivity index (χ0v) is 18.4. The molecule has 0 fully saturated rings. The SMILES string of the molecule is N#Cc1cc(Oc2c(F)cc3[nH]ccc3c2CC(O)CNC(=O)OCc2ccccc2)ccc1F. The Labute approximate surface area is 199 Å². The van der Waals surface area contributed by atoms with Crippen LogP contribution < -0.4 is 10.1 Å². The van der Waals surface area contributed by atoms with Gasteiger partial charge in [-0.05, 0) is 23.8 Å². The number of halogens is 2. The van der Waals surface area contributed by atoms with Crippen LogP contribution in [0, 0.1) is 23.0 Å². The molecule has 1 unspecified atom stereocenters. The molecule has 7 nitrogen and oxygen atoms in total. The Kier molecular flexibility index (Phi) is 7.24. The largest absolute Gasteiger partial charge is 0.454 e. The normalized spacial score (nSPS) is 11.6. The van der Waals surface area contributed by atoms with E-state index in [1.807, 2.05) is 30.3 Å². The summed E-state index contributed by atoms with van der Waals surface area (Å²) < 4.78 is 39.5. The van der Waals surface area contributed by atoms with Crippen LogP contribution in [-0.2, 0) is 17.8 Å². The van der Waals surface area contributed by atoms with Gasteiger partial charge >= 0.3 is 6.09 Å². The molecule has 0 aliphatic carbocycles. The summed E-state index contributed by atoms with van der Waals surface area (Å²) in [5.41, 5.74) is 1.41. The van der Waals surface area contributed by atoms with Crippen molar-refractivity contribution in [2.45, 2.75) is 19.1 Å². The van der Waals surface area contributed by atoms with Crippen molar-refractivity contribution in [3.8, 4) is 17.6 Å². The van der Waals surface area contributed by atoms with Gasteiger partial charge in [-0.2, -0.15) is 5.26 Å². The Balaban J connectivity index is 1.48. The molecule has 3 N–H and O–H groups in total. The number of nitrogens with zero attached hydrogens (tertiary/aromatic N) is 1. The number of aromatic nitrogens is 1. The fraction of sp³-hybridized carbons (Fsp3) is 0.154. The molecule has 0 saturated carbocycles. The van der Waals surface area contributed by atoms with E-state index < -0.39 is 23.8 Å². The number of carbonyl (C=O) groups is 1. The maximum Gasteiger partial charge on any atom is 0.407 e. The first kappa shape index (κ1) is 23.7. The van der Waals surface area contributed by atoms with Crippen molar-refractivity contribution < 1.29 is 28.2 Å². The van der Waals surface area contributed by atoms with Crippen molar-refractivity contribution in [3.05, 3.63) is 95.2 Å². The van der Waals surface area contributed by atoms with Crippen molar-refractivity contribution in [3.63, 3.8) is 0 Å². The van der Waals surface area contributed by atoms with Gasteiger partial charge in [-0.25, -0.2) is 13.6 Å². The summed E-state index contributed by atoms with van der Waals surface area (Å²) in [5, 5.41) is 22.7. The minimum absolute atomic E-state index is 0.0628. The first-order chi connectivity index (χ1) is 16.9. The molecule has 1 amide bonds. The number of carbonyl (C=O) groups excluding carboxylic acids is 1. The number of benzene rings is 3. The van der Waals surface area contributed by atoms with Crippen LogP contribution in [0.4, 0.5) is 13.6 Å². The first-order valence-corrected chi connectivity index (χ1v) is 10.7. The van der Waals surface area contributed by atoms with Crippen LogP contribution >= 0.6 is 0 Å². The van der Waals surface area contributed by atoms with E-state index in [9.17, 15) is 18.7 Å². The average molecular weight is 477 g/mol. The number of aromatic amines is 1. The lowest BCUT2D eigenvalue weighted by atomic mass is 10.0. The molecule has 4 aromatic rings. The molecule has 0 aliphatic heterocycles. The Morgan fingerprint density at radius 3 is 2.69 bits per heavy atom. The second-order valence-corrected chi connectivity index (χ2v) is 7.76. The van der Waals surface area contributed by atoms with Crippen LogP contribution in [0.5, 0.6) is 11.5 Å². The van der Waals surface area contributed by atoms with Crippen LogP contribution in [0.15, 0.2) is 66.9 Å². The quantitative estimate of drug-likeness (QED) is 0.333. The summed E-state index contributed by atoms with van der Waals surface area (Å²) in [6, 6.07) is 17.3. The number of aliphatic hydroxyl groups excluding tert-OH is 1. The molecule has 0 aliphatic rings. The lowest BCUT2D eigenvalue weighted by Crippen LogP contribution is -2.33. The smallest absolute Gasteiger partial charge is 0.407 e. The Morgan fingerprint density at radius 1 is 1.11 bits per heavy atom. The molecular formula is C26H21F2N3O4. The van der Waals surface area contributed by atoms with E-state index >= 15 is 0 Å². The first-order valence-electron chi connectivity index (χ1n) is 10.7. The molecule has 4 rings (SSSR count). The topological polar surface area (TPSA) is 107 Å². The number of fused-ring (bicyclic) bond motifs is 1. The van der Waals surface area contributed by atoms with E-state index in [4.69, 9.17) is 14.7 Å². The summed E-state index contributed by atoms with van der Waals surface area (Å²) in [7, 11) is 0. The number of ether oxygens (including phenoxy) is 2. The minimum atomic E-state index is -1.09. The minimum Gasteiger partial charge on any atom is -0.454 e. The zero-order valence-electron chi connectivity index (χ0n) is 18.4. The molecule has 0 saturated heterocycles. The van der Waals surface area contributed by atoms with Crippen LogP contribution in [0.3, 0.4) is 0 Å². The third-order valence-electron chi connectivity index (χ3n) is 5.28. The van der Waals surface area contributed by atoms with Crippen LogP contribution in [-0.4, -0.2) is 28.8 Å². The molecule has 1 atom stereocenters. The highest BCUT2D eigenvalue weighted by Crippen LogP contribution is 2.35. The van der Waals surface area contributed by atoms with Gasteiger partial charge in [-0.3, -0.25) is 0 Å². The number of rotatable bonds is 8. The molecule has 3 aromatic carbocycles. The molecule has 0 radical (unpaired) electrons. The summed E-state index contributed by atoms with van der Waals surface area (Å²) in [6.45, 7) is -0.0679. The van der Waals surface area contributed by atoms with Gasteiger partial charge in [0.05, 0.1) is 11.7 Å². The van der Waals surface area contributed by atoms with Crippen LogP contribution in [0.2, 0.25) is 0 Å². The van der Waals surface area contributed by atoms with Crippen molar-refractivity contribution in [2.75, 3.05) is 6.54 Å². The van der Waals surface area contributed by atoms with E-state index in [0.717, 1.165) is 11.6 Å². The maximum atomic E-state index is 15.0. The van der Waals surface area contributed by atoms with Crippen molar-refractivity contribution >= 4 is 17.0 Å². The number of amides is 1. The van der Waals surface area contributed by atoms with E-state index in [-0.39, 0.29) is 36.6 Å². The monoisotopic (exact) mass is 477 g/mol. The zero-order chi connectivity index (χ0) is 24.8. The highest BCUT2D eigenvalue weighted by molar-refractivity contribution is 5.85. The molecule has 1 aromatic heterocycles. The second-order valence-electron chi connectivity index (χ2n) is 7.76. The Morgan fingerprint density at radius 2 is 1.91 bits per heavy atom. The maximum absolute atomic E-state index is 15.0. The molecule has 35 heavy (non-hydrogen) atoms. The van der Waals surface area contributed by atoms with Gasteiger partial charge in [0.25, 0.3) is 0 Å². The Hall–Kier alpha value is -4.42. The highest BCUT2D eigenvalue weighted by atomic mass is 19.1. The lowest BCUT2D eigenvalue weighted by molar-refractivity contribution is 0.125. The predicted molar refractivity (Wildman–Crippen MR) is 124 cm³/mol. The molecule has 1 heterocycles. The number of H-pyrrole nitrogens is 1. The number of nitriles is 1. The van der Waals surface area contributed by atoms with Gasteiger partial charge in [0.15, 0.2) is 11.6 Å². The standard InChI is InChI=1S/C26H21F2N3O4/c27-22-7-6-19(10-17(22)13-29)35-25-21(20-8-9-30-24(20)12-23(25)28)11-18(32)14-31-26(33)34-15-16-4-2-1-3-5-16/h1-10,12,18,30,32H,11,14-15H2,(H,31,33). The van der Waals surface area contributed by atoms with Crippen molar-refractivity contribution in [1.29, 1.82) is 5.26 Å². The van der Waals surface area contributed by atoms with Crippen LogP contribution in [0.1, 0.15) is 16.7 Å². The number of alkyl carbamates (subject to hydrolysis) is 1. The summed E-state index contributed by atoms with van der Waals surface area (Å²) in [4.78, 5) is 14.9. The van der Waals surface area contributed by atoms with E-state index in [1.54, 1.807) is 18.3 Å². The average Bonchev–Trinajstić information content (AvgIpc) is 3.33. The van der Waals surface area contributed by atoms with Crippen molar-refractivity contribution in [2.24, 2.45) is 0 Å². The highest BCUT2D eigenvalue weighted by Gasteiger charge is 2.20. The van der Waals surface area contributed by atoms with Gasteiger partial charge in [-0.1, -0.05) is 30.3 Å². The molecule has 178 valence electrons. The predicted octanol–water partition coefficient (Wildman–Crippen LogP) is 4.94. The summed E-state index contributed by atoms with van der Waals surface area (Å²) in [6.07, 6.45) is -0.239. The fourth-order valence-corrected chi connectivity index (χ4v) is 3.59. The fourth-order valence-electron chi connectivity index (χ4n) is 3.59.